The first-order valence-electron chi connectivity index (χ1n) is 4.77. The second kappa shape index (κ2) is 5.53. The van der Waals surface area contributed by atoms with Gasteiger partial charge in [-0.15, -0.1) is 0 Å². The third-order valence-electron chi connectivity index (χ3n) is 1.93. The molecule has 0 aromatic heterocycles. The van der Waals surface area contributed by atoms with Gasteiger partial charge in [0.25, 0.3) is 0 Å². The van der Waals surface area contributed by atoms with Gasteiger partial charge in [-0.3, -0.25) is 0 Å². The van der Waals surface area contributed by atoms with Crippen molar-refractivity contribution in [3.05, 3.63) is 33.4 Å². The lowest BCUT2D eigenvalue weighted by atomic mass is 10.2. The molecule has 0 heterocycles. The SMILES string of the molecule is CCCC(C)=Ic1ccccc1C. The first-order chi connectivity index (χ1) is 6.24. The molecule has 0 saturated carbocycles. The van der Waals surface area contributed by atoms with E-state index < -0.39 is 0 Å². The maximum Gasteiger partial charge on any atom is 0.0106 e. The van der Waals surface area contributed by atoms with Gasteiger partial charge in [0.15, 0.2) is 0 Å². The molecular formula is C12H17I. The summed E-state index contributed by atoms with van der Waals surface area (Å²) >= 11 is 0.153. The second-order valence-corrected chi connectivity index (χ2v) is 6.81. The molecule has 0 fully saturated rings. The summed E-state index contributed by atoms with van der Waals surface area (Å²) in [5.74, 6) is 0. The van der Waals surface area contributed by atoms with Crippen molar-refractivity contribution in [3.8, 4) is 0 Å². The van der Waals surface area contributed by atoms with E-state index in [-0.39, 0.29) is 20.7 Å². The van der Waals surface area contributed by atoms with E-state index >= 15 is 0 Å². The second-order valence-electron chi connectivity index (χ2n) is 3.27. The molecule has 0 saturated heterocycles. The molecule has 1 rings (SSSR count). The highest BCUT2D eigenvalue weighted by Crippen LogP contribution is 2.18. The van der Waals surface area contributed by atoms with Crippen molar-refractivity contribution < 1.29 is 0 Å². The summed E-state index contributed by atoms with van der Waals surface area (Å²) in [4.78, 5) is 0. The molecule has 72 valence electrons. The fraction of sp³-hybridized carbons (Fsp3) is 0.417. The van der Waals surface area contributed by atoms with Crippen LogP contribution in [0.15, 0.2) is 24.3 Å². The van der Waals surface area contributed by atoms with E-state index in [2.05, 4.69) is 45.0 Å². The minimum atomic E-state index is 0.153. The molecule has 0 radical (unpaired) electrons. The van der Waals surface area contributed by atoms with Crippen molar-refractivity contribution in [2.45, 2.75) is 33.6 Å². The van der Waals surface area contributed by atoms with Crippen molar-refractivity contribution >= 4 is 24.2 Å². The van der Waals surface area contributed by atoms with E-state index in [1.807, 2.05) is 0 Å². The molecule has 0 aliphatic rings. The first kappa shape index (κ1) is 10.9. The highest BCUT2D eigenvalue weighted by Gasteiger charge is 1.94. The smallest absolute Gasteiger partial charge is 0.0106 e. The Morgan fingerprint density at radius 3 is 2.62 bits per heavy atom. The van der Waals surface area contributed by atoms with Gasteiger partial charge in [0.2, 0.25) is 0 Å². The van der Waals surface area contributed by atoms with E-state index in [4.69, 9.17) is 0 Å². The summed E-state index contributed by atoms with van der Waals surface area (Å²) in [6.45, 7) is 6.78. The van der Waals surface area contributed by atoms with Crippen LogP contribution in [0.25, 0.3) is 0 Å². The number of halogens is 1. The minimum absolute atomic E-state index is 0.153. The molecule has 1 aromatic carbocycles. The summed E-state index contributed by atoms with van der Waals surface area (Å²) in [7, 11) is 0. The van der Waals surface area contributed by atoms with Crippen LogP contribution in [0.1, 0.15) is 32.3 Å². The van der Waals surface area contributed by atoms with Crippen LogP contribution in [0.4, 0.5) is 0 Å². The highest BCUT2D eigenvalue weighted by atomic mass is 127. The summed E-state index contributed by atoms with van der Waals surface area (Å²) in [6, 6.07) is 8.77. The fourth-order valence-corrected chi connectivity index (χ4v) is 4.02. The number of aryl methyl sites for hydroxylation is 1. The van der Waals surface area contributed by atoms with Gasteiger partial charge >= 0.3 is 0 Å². The zero-order valence-electron chi connectivity index (χ0n) is 8.60. The average Bonchev–Trinajstić information content (AvgIpc) is 2.09. The van der Waals surface area contributed by atoms with Crippen LogP contribution in [-0.4, -0.2) is 3.51 Å². The Kier molecular flexibility index (Phi) is 4.64. The lowest BCUT2D eigenvalue weighted by Gasteiger charge is -2.01. The van der Waals surface area contributed by atoms with Crippen LogP contribution in [0.5, 0.6) is 0 Å². The van der Waals surface area contributed by atoms with Gasteiger partial charge in [0.1, 0.15) is 0 Å². The van der Waals surface area contributed by atoms with Crippen molar-refractivity contribution in [1.29, 1.82) is 0 Å². The van der Waals surface area contributed by atoms with E-state index in [9.17, 15) is 0 Å². The lowest BCUT2D eigenvalue weighted by molar-refractivity contribution is 1.00. The van der Waals surface area contributed by atoms with Gasteiger partial charge in [0.05, 0.1) is 0 Å². The van der Waals surface area contributed by atoms with Gasteiger partial charge in [0, 0.05) is 3.57 Å². The number of benzene rings is 1. The van der Waals surface area contributed by atoms with E-state index in [0.717, 1.165) is 0 Å². The molecule has 0 nitrogen and oxygen atoms in total. The Bertz CT molecular complexity index is 300. The van der Waals surface area contributed by atoms with Crippen molar-refractivity contribution in [2.24, 2.45) is 0 Å². The molecule has 1 aromatic rings. The van der Waals surface area contributed by atoms with E-state index in [1.54, 1.807) is 7.08 Å². The number of rotatable bonds is 3. The molecule has 0 bridgehead atoms. The maximum atomic E-state index is 2.31. The molecule has 0 aliphatic carbocycles. The number of hydrogen-bond donors (Lipinski definition) is 0. The molecule has 13 heavy (non-hydrogen) atoms. The zero-order chi connectivity index (χ0) is 9.68. The molecular weight excluding hydrogens is 271 g/mol. The Hall–Kier alpha value is -0.180. The standard InChI is InChI=1S/C12H17I/c1-4-7-11(3)13-12-9-6-5-8-10(12)2/h5-6,8-9H,4,7H2,1-3H3. The van der Waals surface area contributed by atoms with E-state index in [0.29, 0.717) is 0 Å². The maximum absolute atomic E-state index is 2.31. The van der Waals surface area contributed by atoms with Gasteiger partial charge in [-0.05, 0) is 35.4 Å². The van der Waals surface area contributed by atoms with Crippen LogP contribution in [0.3, 0.4) is 0 Å². The minimum Gasteiger partial charge on any atom is -0.0865 e. The lowest BCUT2D eigenvalue weighted by Crippen LogP contribution is -1.86. The summed E-state index contributed by atoms with van der Waals surface area (Å²) in [5, 5.41) is 0. The summed E-state index contributed by atoms with van der Waals surface area (Å²) in [5.41, 5.74) is 1.46. The van der Waals surface area contributed by atoms with Crippen LogP contribution in [-0.2, 0) is 0 Å². The zero-order valence-corrected chi connectivity index (χ0v) is 10.8. The third-order valence-corrected chi connectivity index (χ3v) is 5.19. The topological polar surface area (TPSA) is 0 Å². The fourth-order valence-electron chi connectivity index (χ4n) is 1.22. The Morgan fingerprint density at radius 2 is 2.00 bits per heavy atom. The Labute approximate surface area is 91.1 Å². The number of hydrogen-bond acceptors (Lipinski definition) is 0. The van der Waals surface area contributed by atoms with Crippen LogP contribution in [0.2, 0.25) is 0 Å². The Morgan fingerprint density at radius 1 is 1.31 bits per heavy atom. The quantitative estimate of drug-likeness (QED) is 0.734. The van der Waals surface area contributed by atoms with Crippen molar-refractivity contribution in [2.75, 3.05) is 0 Å². The van der Waals surface area contributed by atoms with Crippen LogP contribution < -0.4 is 0 Å². The van der Waals surface area contributed by atoms with Gasteiger partial charge < -0.3 is 0 Å². The largest absolute Gasteiger partial charge is 0.0865 e. The molecule has 0 atom stereocenters. The van der Waals surface area contributed by atoms with E-state index in [1.165, 1.54) is 18.4 Å². The Balaban J connectivity index is 2.84. The van der Waals surface area contributed by atoms with Gasteiger partial charge in [-0.1, -0.05) is 52.3 Å². The predicted molar refractivity (Wildman–Crippen MR) is 69.5 cm³/mol. The van der Waals surface area contributed by atoms with Crippen LogP contribution in [0, 0.1) is 10.5 Å². The highest BCUT2D eigenvalue weighted by molar-refractivity contribution is 14.2. The summed E-state index contributed by atoms with van der Waals surface area (Å²) in [6.07, 6.45) is 2.60. The molecule has 0 aliphatic heterocycles. The third kappa shape index (κ3) is 3.59. The van der Waals surface area contributed by atoms with Crippen molar-refractivity contribution in [3.63, 3.8) is 0 Å². The van der Waals surface area contributed by atoms with Crippen LogP contribution >= 0.6 is 20.7 Å². The first-order valence-corrected chi connectivity index (χ1v) is 6.92. The molecule has 0 unspecified atom stereocenters. The van der Waals surface area contributed by atoms with Gasteiger partial charge in [-0.25, -0.2) is 0 Å². The molecule has 0 spiro atoms. The average molecular weight is 288 g/mol. The monoisotopic (exact) mass is 288 g/mol. The molecule has 0 N–H and O–H groups in total. The normalized spacial score (nSPS) is 12.4. The van der Waals surface area contributed by atoms with Gasteiger partial charge in [-0.2, -0.15) is 0 Å². The summed E-state index contributed by atoms with van der Waals surface area (Å²) < 4.78 is 3.29. The molecule has 0 amide bonds. The predicted octanol–water partition coefficient (Wildman–Crippen LogP) is 4.13. The molecule has 1 heteroatoms. The van der Waals surface area contributed by atoms with Crippen molar-refractivity contribution in [1.82, 2.24) is 0 Å².